The predicted molar refractivity (Wildman–Crippen MR) is 214 cm³/mol. The third kappa shape index (κ3) is 29.3. The summed E-state index contributed by atoms with van der Waals surface area (Å²) >= 11 is 0. The van der Waals surface area contributed by atoms with Crippen molar-refractivity contribution in [2.45, 2.75) is 165 Å². The number of hydrogen-bond donors (Lipinski definition) is 1. The van der Waals surface area contributed by atoms with Crippen molar-refractivity contribution in [2.24, 2.45) is 23.7 Å². The highest BCUT2D eigenvalue weighted by atomic mass is 15.2. The van der Waals surface area contributed by atoms with Crippen molar-refractivity contribution < 1.29 is 0 Å². The first kappa shape index (κ1) is 46.8. The van der Waals surface area contributed by atoms with Crippen molar-refractivity contribution in [3.05, 3.63) is 0 Å². The standard InChI is InChI=1S/C11H23N.C10H22N2.2C10H21N.CH4/c1-10(2)8-9-12-11-6-4-3-5-7-11;1-10(2)4-5-12-8-6-11(3)7-9-12;2*1-10(2)6-9-11-7-4-3-5-8-11;/h10-12H,3-9H2,1-2H3;10H,4-9H2,1-3H3;2*10H,3-9H2,1-2H3;1H4. The zero-order valence-corrected chi connectivity index (χ0v) is 33.3. The average Bonchev–Trinajstić information content (AvgIpc) is 3.05. The SMILES string of the molecule is C.CC(C)CCN1CCCCC1.CC(C)CCN1CCCCC1.CC(C)CCN1CCN(C)CC1.CC(C)CCNC1CCCCC1. The summed E-state index contributed by atoms with van der Waals surface area (Å²) in [5.41, 5.74) is 0. The molecule has 0 unspecified atom stereocenters. The van der Waals surface area contributed by atoms with Crippen LogP contribution in [0.15, 0.2) is 0 Å². The molecule has 3 saturated heterocycles. The highest BCUT2D eigenvalue weighted by Crippen LogP contribution is 2.17. The molecule has 0 bridgehead atoms. The molecule has 0 radical (unpaired) electrons. The topological polar surface area (TPSA) is 25.0 Å². The molecule has 0 atom stereocenters. The number of likely N-dealkylation sites (N-methyl/N-ethyl adjacent to an activating group) is 1. The van der Waals surface area contributed by atoms with Crippen molar-refractivity contribution in [1.29, 1.82) is 0 Å². The number of nitrogens with zero attached hydrogens (tertiary/aromatic N) is 4. The van der Waals surface area contributed by atoms with Gasteiger partial charge in [0.05, 0.1) is 0 Å². The molecule has 284 valence electrons. The number of piperazine rings is 1. The van der Waals surface area contributed by atoms with Gasteiger partial charge >= 0.3 is 0 Å². The Hall–Kier alpha value is -0.200. The van der Waals surface area contributed by atoms with Crippen LogP contribution in [0.4, 0.5) is 0 Å². The van der Waals surface area contributed by atoms with Gasteiger partial charge in [-0.25, -0.2) is 0 Å². The minimum absolute atomic E-state index is 0. The molecule has 3 heterocycles. The molecule has 1 N–H and O–H groups in total. The van der Waals surface area contributed by atoms with Gasteiger partial charge in [0.25, 0.3) is 0 Å². The van der Waals surface area contributed by atoms with Gasteiger partial charge < -0.3 is 24.9 Å². The molecule has 1 aliphatic carbocycles. The van der Waals surface area contributed by atoms with Crippen LogP contribution in [0.2, 0.25) is 0 Å². The maximum Gasteiger partial charge on any atom is 0.0110 e. The lowest BCUT2D eigenvalue weighted by Gasteiger charge is -2.32. The van der Waals surface area contributed by atoms with E-state index in [1.165, 1.54) is 175 Å². The van der Waals surface area contributed by atoms with Gasteiger partial charge in [0.2, 0.25) is 0 Å². The molecule has 5 nitrogen and oxygen atoms in total. The Balaban J connectivity index is 0.000000597. The lowest BCUT2D eigenvalue weighted by molar-refractivity contribution is 0.148. The quantitative estimate of drug-likeness (QED) is 0.211. The second-order valence-corrected chi connectivity index (χ2v) is 17.0. The first-order chi connectivity index (χ1) is 22.0. The fraction of sp³-hybridized carbons (Fsp3) is 1.00. The zero-order chi connectivity index (χ0) is 34.0. The summed E-state index contributed by atoms with van der Waals surface area (Å²) in [6.07, 6.45) is 21.2. The Labute approximate surface area is 298 Å². The Morgan fingerprint density at radius 2 is 0.787 bits per heavy atom. The van der Waals surface area contributed by atoms with E-state index in [-0.39, 0.29) is 7.43 Å². The molecule has 0 aromatic rings. The van der Waals surface area contributed by atoms with Gasteiger partial charge in [0.15, 0.2) is 0 Å². The number of rotatable bonds is 13. The highest BCUT2D eigenvalue weighted by Gasteiger charge is 2.14. The summed E-state index contributed by atoms with van der Waals surface area (Å²) < 4.78 is 0. The summed E-state index contributed by atoms with van der Waals surface area (Å²) in [4.78, 5) is 10.2. The summed E-state index contributed by atoms with van der Waals surface area (Å²) in [7, 11) is 2.21. The third-order valence-corrected chi connectivity index (χ3v) is 10.3. The molecule has 4 aliphatic rings. The first-order valence-corrected chi connectivity index (χ1v) is 20.6. The van der Waals surface area contributed by atoms with Gasteiger partial charge in [-0.05, 0) is 147 Å². The van der Waals surface area contributed by atoms with Crippen molar-refractivity contribution in [1.82, 2.24) is 24.9 Å². The average molecular weight is 666 g/mol. The Morgan fingerprint density at radius 1 is 0.447 bits per heavy atom. The fourth-order valence-electron chi connectivity index (χ4n) is 6.64. The maximum absolute atomic E-state index is 3.65. The fourth-order valence-corrected chi connectivity index (χ4v) is 6.64. The monoisotopic (exact) mass is 666 g/mol. The second-order valence-electron chi connectivity index (χ2n) is 17.0. The lowest BCUT2D eigenvalue weighted by Crippen LogP contribution is -2.44. The molecule has 4 fully saturated rings. The smallest absolute Gasteiger partial charge is 0.0110 e. The largest absolute Gasteiger partial charge is 0.314 e. The molecule has 0 aromatic heterocycles. The number of piperidine rings is 2. The van der Waals surface area contributed by atoms with E-state index in [4.69, 9.17) is 0 Å². The van der Waals surface area contributed by atoms with Crippen LogP contribution in [-0.4, -0.2) is 111 Å². The minimum Gasteiger partial charge on any atom is -0.314 e. The summed E-state index contributed by atoms with van der Waals surface area (Å²) in [5, 5.41) is 3.65. The Morgan fingerprint density at radius 3 is 1.15 bits per heavy atom. The van der Waals surface area contributed by atoms with Crippen molar-refractivity contribution in [3.8, 4) is 0 Å². The first-order valence-electron chi connectivity index (χ1n) is 20.6. The van der Waals surface area contributed by atoms with Gasteiger partial charge in [0, 0.05) is 32.2 Å². The second kappa shape index (κ2) is 30.6. The van der Waals surface area contributed by atoms with Gasteiger partial charge in [-0.1, -0.05) is 94.9 Å². The van der Waals surface area contributed by atoms with Gasteiger partial charge in [0.1, 0.15) is 0 Å². The molecule has 47 heavy (non-hydrogen) atoms. The molecule has 1 saturated carbocycles. The summed E-state index contributed by atoms with van der Waals surface area (Å²) in [6.45, 7) is 34.1. The number of nitrogens with one attached hydrogen (secondary N) is 1. The van der Waals surface area contributed by atoms with E-state index in [2.05, 4.69) is 87.4 Å². The van der Waals surface area contributed by atoms with Crippen molar-refractivity contribution >= 4 is 0 Å². The van der Waals surface area contributed by atoms with Crippen LogP contribution >= 0.6 is 0 Å². The van der Waals surface area contributed by atoms with E-state index in [1.807, 2.05) is 0 Å². The molecule has 0 amide bonds. The predicted octanol–water partition coefficient (Wildman–Crippen LogP) is 9.91. The van der Waals surface area contributed by atoms with E-state index in [9.17, 15) is 0 Å². The lowest BCUT2D eigenvalue weighted by atomic mass is 9.95. The number of hydrogen-bond acceptors (Lipinski definition) is 5. The molecule has 0 spiro atoms. The van der Waals surface area contributed by atoms with E-state index in [0.717, 1.165) is 29.7 Å². The summed E-state index contributed by atoms with van der Waals surface area (Å²) in [6, 6.07) is 0.845. The van der Waals surface area contributed by atoms with Crippen LogP contribution in [0.5, 0.6) is 0 Å². The van der Waals surface area contributed by atoms with Crippen LogP contribution in [0, 0.1) is 23.7 Å². The summed E-state index contributed by atoms with van der Waals surface area (Å²) in [5.74, 6) is 3.44. The van der Waals surface area contributed by atoms with E-state index >= 15 is 0 Å². The third-order valence-electron chi connectivity index (χ3n) is 10.3. The number of likely N-dealkylation sites (tertiary alicyclic amines) is 2. The van der Waals surface area contributed by atoms with Gasteiger partial charge in [-0.2, -0.15) is 0 Å². The van der Waals surface area contributed by atoms with Gasteiger partial charge in [-0.3, -0.25) is 0 Å². The van der Waals surface area contributed by atoms with Crippen LogP contribution in [0.25, 0.3) is 0 Å². The maximum atomic E-state index is 3.65. The van der Waals surface area contributed by atoms with E-state index < -0.39 is 0 Å². The van der Waals surface area contributed by atoms with E-state index in [0.29, 0.717) is 0 Å². The van der Waals surface area contributed by atoms with E-state index in [1.54, 1.807) is 0 Å². The molecular formula is C42H91N5. The molecule has 5 heteroatoms. The van der Waals surface area contributed by atoms with Crippen LogP contribution in [0.1, 0.15) is 159 Å². The zero-order valence-electron chi connectivity index (χ0n) is 33.3. The Kier molecular flexibility index (Phi) is 30.5. The normalized spacial score (nSPS) is 20.6. The van der Waals surface area contributed by atoms with Crippen molar-refractivity contribution in [2.75, 3.05) is 85.6 Å². The van der Waals surface area contributed by atoms with Crippen LogP contribution in [0.3, 0.4) is 0 Å². The Bertz CT molecular complexity index is 599. The van der Waals surface area contributed by atoms with Crippen molar-refractivity contribution in [3.63, 3.8) is 0 Å². The highest BCUT2D eigenvalue weighted by molar-refractivity contribution is 4.72. The molecule has 3 aliphatic heterocycles. The van der Waals surface area contributed by atoms with Crippen LogP contribution in [-0.2, 0) is 0 Å². The molecule has 0 aromatic carbocycles. The minimum atomic E-state index is 0. The molecule has 4 rings (SSSR count). The van der Waals surface area contributed by atoms with Gasteiger partial charge in [-0.15, -0.1) is 0 Å². The molecular weight excluding hydrogens is 574 g/mol. The van der Waals surface area contributed by atoms with Crippen LogP contribution < -0.4 is 5.32 Å².